The highest BCUT2D eigenvalue weighted by atomic mass is 14.3. The maximum atomic E-state index is 9.28. The monoisotopic (exact) mass is 344 g/mol. The van der Waals surface area contributed by atoms with Crippen molar-refractivity contribution < 1.29 is 0 Å². The Morgan fingerprint density at radius 3 is 1.38 bits per heavy atom. The van der Waals surface area contributed by atoms with E-state index in [1.165, 1.54) is 11.1 Å². The van der Waals surface area contributed by atoms with Crippen molar-refractivity contribution in [2.45, 2.75) is 59.3 Å². The molecule has 26 heavy (non-hydrogen) atoms. The van der Waals surface area contributed by atoms with Gasteiger partial charge >= 0.3 is 0 Å². The zero-order chi connectivity index (χ0) is 19.3. The van der Waals surface area contributed by atoms with Crippen LogP contribution < -0.4 is 0 Å². The first kappa shape index (κ1) is 19.7. The lowest BCUT2D eigenvalue weighted by molar-refractivity contribution is 0.576. The Hall–Kier alpha value is -2.58. The molecule has 2 heteroatoms. The molecule has 0 aromatic heterocycles. The van der Waals surface area contributed by atoms with E-state index in [1.54, 1.807) is 0 Å². The number of hydrogen-bond acceptors (Lipinski definition) is 2. The Morgan fingerprint density at radius 1 is 0.692 bits per heavy atom. The van der Waals surface area contributed by atoms with Crippen LogP contribution in [0.3, 0.4) is 0 Å². The molecule has 0 aliphatic heterocycles. The Kier molecular flexibility index (Phi) is 6.59. The van der Waals surface area contributed by atoms with E-state index in [4.69, 9.17) is 0 Å². The molecule has 0 heterocycles. The molecule has 0 N–H and O–H groups in total. The zero-order valence-corrected chi connectivity index (χ0v) is 16.5. The van der Waals surface area contributed by atoms with Crippen LogP contribution in [0.15, 0.2) is 36.4 Å². The molecular weight excluding hydrogens is 316 g/mol. The van der Waals surface area contributed by atoms with Gasteiger partial charge in [0.05, 0.1) is 23.3 Å². The van der Waals surface area contributed by atoms with Gasteiger partial charge in [-0.2, -0.15) is 10.5 Å². The van der Waals surface area contributed by atoms with Gasteiger partial charge in [0, 0.05) is 0 Å². The fraction of sp³-hybridized carbons (Fsp3) is 0.417. The SMILES string of the molecule is CC(Cc1ccc(C#N)c(C(C)C)c1)Cc1ccc(C#N)c(C(C)C)c1. The molecule has 0 fully saturated rings. The molecule has 2 aromatic carbocycles. The van der Waals surface area contributed by atoms with Crippen LogP contribution in [-0.4, -0.2) is 0 Å². The molecule has 0 spiro atoms. The highest BCUT2D eigenvalue weighted by Crippen LogP contribution is 2.25. The van der Waals surface area contributed by atoms with Gasteiger partial charge in [0.2, 0.25) is 0 Å². The van der Waals surface area contributed by atoms with Crippen molar-refractivity contribution >= 4 is 0 Å². The van der Waals surface area contributed by atoms with Crippen LogP contribution in [0, 0.1) is 28.6 Å². The van der Waals surface area contributed by atoms with Gasteiger partial charge in [0.25, 0.3) is 0 Å². The molecule has 0 atom stereocenters. The van der Waals surface area contributed by atoms with Crippen molar-refractivity contribution in [2.75, 3.05) is 0 Å². The third-order valence-corrected chi connectivity index (χ3v) is 4.89. The number of nitrogens with zero attached hydrogens (tertiary/aromatic N) is 2. The fourth-order valence-electron chi connectivity index (χ4n) is 3.51. The summed E-state index contributed by atoms with van der Waals surface area (Å²) in [6.07, 6.45) is 1.98. The Balaban J connectivity index is 2.16. The molecule has 0 saturated carbocycles. The van der Waals surface area contributed by atoms with Crippen LogP contribution >= 0.6 is 0 Å². The lowest BCUT2D eigenvalue weighted by atomic mass is 9.88. The smallest absolute Gasteiger partial charge is 0.0994 e. The fourth-order valence-corrected chi connectivity index (χ4v) is 3.51. The first-order valence-corrected chi connectivity index (χ1v) is 9.41. The van der Waals surface area contributed by atoms with Gasteiger partial charge in [0.15, 0.2) is 0 Å². The van der Waals surface area contributed by atoms with Gasteiger partial charge in [-0.25, -0.2) is 0 Å². The summed E-state index contributed by atoms with van der Waals surface area (Å²) in [6.45, 7) is 10.8. The summed E-state index contributed by atoms with van der Waals surface area (Å²) in [5.41, 5.74) is 6.42. The number of nitriles is 2. The number of rotatable bonds is 6. The maximum Gasteiger partial charge on any atom is 0.0994 e. The Bertz CT molecular complexity index is 776. The molecule has 2 aromatic rings. The minimum Gasteiger partial charge on any atom is -0.192 e. The second-order valence-electron chi connectivity index (χ2n) is 7.89. The first-order valence-electron chi connectivity index (χ1n) is 9.41. The zero-order valence-electron chi connectivity index (χ0n) is 16.5. The predicted molar refractivity (Wildman–Crippen MR) is 107 cm³/mol. The second kappa shape index (κ2) is 8.68. The molecule has 0 bridgehead atoms. The second-order valence-corrected chi connectivity index (χ2v) is 7.89. The molecule has 2 nitrogen and oxygen atoms in total. The van der Waals surface area contributed by atoms with Gasteiger partial charge in [0.1, 0.15) is 0 Å². The highest BCUT2D eigenvalue weighted by Gasteiger charge is 2.12. The third-order valence-electron chi connectivity index (χ3n) is 4.89. The van der Waals surface area contributed by atoms with Crippen molar-refractivity contribution in [3.05, 3.63) is 69.8 Å². The minimum absolute atomic E-state index is 0.354. The molecular formula is C24H28N2. The first-order chi connectivity index (χ1) is 12.3. The molecule has 0 aliphatic rings. The van der Waals surface area contributed by atoms with E-state index in [9.17, 15) is 10.5 Å². The largest absolute Gasteiger partial charge is 0.192 e. The molecule has 0 radical (unpaired) electrons. The van der Waals surface area contributed by atoms with Crippen molar-refractivity contribution in [3.63, 3.8) is 0 Å². The van der Waals surface area contributed by atoms with Crippen molar-refractivity contribution in [2.24, 2.45) is 5.92 Å². The van der Waals surface area contributed by atoms with Crippen molar-refractivity contribution in [3.8, 4) is 12.1 Å². The van der Waals surface area contributed by atoms with E-state index in [0.29, 0.717) is 17.8 Å². The van der Waals surface area contributed by atoms with Crippen LogP contribution in [0.4, 0.5) is 0 Å². The topological polar surface area (TPSA) is 47.6 Å². The summed E-state index contributed by atoms with van der Waals surface area (Å²) in [5, 5.41) is 18.6. The average Bonchev–Trinajstić information content (AvgIpc) is 2.61. The molecule has 2 rings (SSSR count). The van der Waals surface area contributed by atoms with E-state index < -0.39 is 0 Å². The van der Waals surface area contributed by atoms with Crippen LogP contribution in [0.25, 0.3) is 0 Å². The standard InChI is InChI=1S/C24H28N2/c1-16(2)23-12-19(6-8-21(23)14-25)10-18(5)11-20-7-9-22(15-26)24(13-20)17(3)4/h6-9,12-13,16-18H,10-11H2,1-5H3. The Labute approximate surface area is 158 Å². The summed E-state index contributed by atoms with van der Waals surface area (Å²) in [4.78, 5) is 0. The van der Waals surface area contributed by atoms with Gasteiger partial charge in [-0.05, 0) is 65.0 Å². The lowest BCUT2D eigenvalue weighted by Crippen LogP contribution is -2.06. The van der Waals surface area contributed by atoms with E-state index >= 15 is 0 Å². The van der Waals surface area contributed by atoms with E-state index in [-0.39, 0.29) is 0 Å². The van der Waals surface area contributed by atoms with Gasteiger partial charge in [-0.1, -0.05) is 58.9 Å². The Morgan fingerprint density at radius 2 is 1.08 bits per heavy atom. The average molecular weight is 345 g/mol. The summed E-state index contributed by atoms with van der Waals surface area (Å²) >= 11 is 0. The van der Waals surface area contributed by atoms with Crippen LogP contribution in [0.1, 0.15) is 79.8 Å². The van der Waals surface area contributed by atoms with Crippen molar-refractivity contribution in [1.29, 1.82) is 10.5 Å². The molecule has 0 saturated heterocycles. The number of benzene rings is 2. The number of hydrogen-bond donors (Lipinski definition) is 0. The summed E-state index contributed by atoms with van der Waals surface area (Å²) in [7, 11) is 0. The third kappa shape index (κ3) is 4.74. The molecule has 0 amide bonds. The van der Waals surface area contributed by atoms with Gasteiger partial charge in [-0.15, -0.1) is 0 Å². The highest BCUT2D eigenvalue weighted by molar-refractivity contribution is 5.43. The van der Waals surface area contributed by atoms with Gasteiger partial charge < -0.3 is 0 Å². The molecule has 0 unspecified atom stereocenters. The molecule has 134 valence electrons. The minimum atomic E-state index is 0.354. The maximum absolute atomic E-state index is 9.28. The quantitative estimate of drug-likeness (QED) is 0.636. The van der Waals surface area contributed by atoms with Crippen LogP contribution in [0.2, 0.25) is 0 Å². The van der Waals surface area contributed by atoms with E-state index in [1.807, 2.05) is 12.1 Å². The molecule has 0 aliphatic carbocycles. The summed E-state index contributed by atoms with van der Waals surface area (Å²) in [5.74, 6) is 1.20. The van der Waals surface area contributed by atoms with Crippen LogP contribution in [-0.2, 0) is 12.8 Å². The normalized spacial score (nSPS) is 11.0. The van der Waals surface area contributed by atoms with Crippen molar-refractivity contribution in [1.82, 2.24) is 0 Å². The van der Waals surface area contributed by atoms with E-state index in [0.717, 1.165) is 35.1 Å². The predicted octanol–water partition coefficient (Wildman–Crippen LogP) is 6.10. The lowest BCUT2D eigenvalue weighted by Gasteiger charge is -2.16. The summed E-state index contributed by atoms with van der Waals surface area (Å²) < 4.78 is 0. The summed E-state index contributed by atoms with van der Waals surface area (Å²) in [6, 6.07) is 17.1. The van der Waals surface area contributed by atoms with Gasteiger partial charge in [-0.3, -0.25) is 0 Å². The van der Waals surface area contributed by atoms with E-state index in [2.05, 4.69) is 71.0 Å². The van der Waals surface area contributed by atoms with Crippen LogP contribution in [0.5, 0.6) is 0 Å².